The summed E-state index contributed by atoms with van der Waals surface area (Å²) >= 11 is 0. The van der Waals surface area contributed by atoms with Gasteiger partial charge in [0.15, 0.2) is 5.78 Å². The highest BCUT2D eigenvalue weighted by Gasteiger charge is 2.19. The van der Waals surface area contributed by atoms with Crippen LogP contribution in [0.4, 0.5) is 0 Å². The van der Waals surface area contributed by atoms with Crippen molar-refractivity contribution in [2.24, 2.45) is 0 Å². The highest BCUT2D eigenvalue weighted by molar-refractivity contribution is 6.01. The molecule has 0 spiro atoms. The molecule has 3 nitrogen and oxygen atoms in total. The van der Waals surface area contributed by atoms with Gasteiger partial charge >= 0.3 is 5.97 Å². The predicted molar refractivity (Wildman–Crippen MR) is 54.9 cm³/mol. The predicted octanol–water partition coefficient (Wildman–Crippen LogP) is 2.25. The van der Waals surface area contributed by atoms with Crippen LogP contribution in [0, 0.1) is 0 Å². The summed E-state index contributed by atoms with van der Waals surface area (Å²) in [6, 6.07) is 0. The summed E-state index contributed by atoms with van der Waals surface area (Å²) in [5, 5.41) is 0. The molecule has 0 bridgehead atoms. The maximum Gasteiger partial charge on any atom is 0.334 e. The van der Waals surface area contributed by atoms with Crippen LogP contribution in [0.3, 0.4) is 0 Å². The number of hydrogen-bond donors (Lipinski definition) is 0. The van der Waals surface area contributed by atoms with Gasteiger partial charge in [-0.3, -0.25) is 4.79 Å². The molecule has 0 fully saturated rings. The van der Waals surface area contributed by atoms with E-state index in [1.54, 1.807) is 34.6 Å². The lowest BCUT2D eigenvalue weighted by atomic mass is 10.1. The van der Waals surface area contributed by atoms with Crippen molar-refractivity contribution in [3.05, 3.63) is 11.1 Å². The summed E-state index contributed by atoms with van der Waals surface area (Å²) in [5.74, 6) is -0.529. The number of hydrogen-bond acceptors (Lipinski definition) is 3. The largest absolute Gasteiger partial charge is 0.457 e. The van der Waals surface area contributed by atoms with Gasteiger partial charge in [-0.25, -0.2) is 4.79 Å². The minimum Gasteiger partial charge on any atom is -0.457 e. The molecule has 0 amide bonds. The van der Waals surface area contributed by atoms with Gasteiger partial charge in [-0.1, -0.05) is 0 Å². The first-order chi connectivity index (χ1) is 6.15. The SMILES string of the molecule is CC(=O)/C(C)=C(/C)C(=O)OC(C)(C)C. The van der Waals surface area contributed by atoms with Crippen LogP contribution in [0.1, 0.15) is 41.5 Å². The molecule has 0 atom stereocenters. The summed E-state index contributed by atoms with van der Waals surface area (Å²) in [5.41, 5.74) is 0.321. The average molecular weight is 198 g/mol. The lowest BCUT2D eigenvalue weighted by Crippen LogP contribution is -2.25. The maximum absolute atomic E-state index is 11.5. The van der Waals surface area contributed by atoms with Gasteiger partial charge in [-0.05, 0) is 41.5 Å². The van der Waals surface area contributed by atoms with Crippen molar-refractivity contribution in [3.63, 3.8) is 0 Å². The first-order valence-electron chi connectivity index (χ1n) is 4.57. The molecule has 0 aliphatic carbocycles. The number of rotatable bonds is 2. The maximum atomic E-state index is 11.5. The van der Waals surface area contributed by atoms with Gasteiger partial charge in [-0.2, -0.15) is 0 Å². The van der Waals surface area contributed by atoms with Gasteiger partial charge in [0.25, 0.3) is 0 Å². The molecule has 0 rings (SSSR count). The molecule has 80 valence electrons. The Bertz CT molecular complexity index is 279. The van der Waals surface area contributed by atoms with Gasteiger partial charge < -0.3 is 4.74 Å². The summed E-state index contributed by atoms with van der Waals surface area (Å²) in [6.45, 7) is 10.0. The van der Waals surface area contributed by atoms with Crippen molar-refractivity contribution in [3.8, 4) is 0 Å². The van der Waals surface area contributed by atoms with Crippen LogP contribution >= 0.6 is 0 Å². The molecule has 0 radical (unpaired) electrons. The average Bonchev–Trinajstić information content (AvgIpc) is 1.98. The minimum atomic E-state index is -0.518. The fourth-order valence-electron chi connectivity index (χ4n) is 0.772. The molecule has 0 aliphatic rings. The molecule has 0 unspecified atom stereocenters. The van der Waals surface area contributed by atoms with Crippen molar-refractivity contribution < 1.29 is 14.3 Å². The van der Waals surface area contributed by atoms with Gasteiger partial charge in [0.2, 0.25) is 0 Å². The molecule has 0 heterocycles. The molecular weight excluding hydrogens is 180 g/mol. The zero-order valence-corrected chi connectivity index (χ0v) is 9.72. The Balaban J connectivity index is 4.72. The third-order valence-electron chi connectivity index (χ3n) is 1.80. The molecule has 0 aromatic carbocycles. The van der Waals surface area contributed by atoms with Crippen LogP contribution < -0.4 is 0 Å². The van der Waals surface area contributed by atoms with E-state index in [2.05, 4.69) is 0 Å². The fraction of sp³-hybridized carbons (Fsp3) is 0.636. The number of Topliss-reactive ketones (excluding diaryl/α,β-unsaturated/α-hetero) is 1. The lowest BCUT2D eigenvalue weighted by Gasteiger charge is -2.20. The Morgan fingerprint density at radius 3 is 1.64 bits per heavy atom. The number of carbonyl (C=O) groups excluding carboxylic acids is 2. The van der Waals surface area contributed by atoms with E-state index in [1.165, 1.54) is 6.92 Å². The Morgan fingerprint density at radius 2 is 1.36 bits per heavy atom. The minimum absolute atomic E-state index is 0.103. The first-order valence-corrected chi connectivity index (χ1v) is 4.57. The monoisotopic (exact) mass is 198 g/mol. The zero-order chi connectivity index (χ0) is 11.5. The number of ether oxygens (including phenoxy) is 1. The van der Waals surface area contributed by atoms with Crippen LogP contribution in [-0.2, 0) is 14.3 Å². The van der Waals surface area contributed by atoms with E-state index < -0.39 is 11.6 Å². The number of esters is 1. The second-order valence-electron chi connectivity index (χ2n) is 4.31. The van der Waals surface area contributed by atoms with Gasteiger partial charge in [0.1, 0.15) is 5.60 Å². The number of carbonyl (C=O) groups is 2. The molecule has 0 N–H and O–H groups in total. The lowest BCUT2D eigenvalue weighted by molar-refractivity contribution is -0.150. The van der Waals surface area contributed by atoms with E-state index in [4.69, 9.17) is 4.74 Å². The number of allylic oxidation sites excluding steroid dienone is 1. The van der Waals surface area contributed by atoms with E-state index >= 15 is 0 Å². The van der Waals surface area contributed by atoms with Crippen LogP contribution in [-0.4, -0.2) is 17.4 Å². The highest BCUT2D eigenvalue weighted by Crippen LogP contribution is 2.13. The van der Waals surface area contributed by atoms with Crippen molar-refractivity contribution in [2.45, 2.75) is 47.1 Å². The van der Waals surface area contributed by atoms with Crippen molar-refractivity contribution in [1.29, 1.82) is 0 Å². The summed E-state index contributed by atoms with van der Waals surface area (Å²) in [4.78, 5) is 22.5. The van der Waals surface area contributed by atoms with Gasteiger partial charge in [0, 0.05) is 11.1 Å². The quantitative estimate of drug-likeness (QED) is 0.505. The topological polar surface area (TPSA) is 43.4 Å². The molecular formula is C11H18O3. The number of ketones is 1. The first kappa shape index (κ1) is 12.9. The van der Waals surface area contributed by atoms with Gasteiger partial charge in [-0.15, -0.1) is 0 Å². The third kappa shape index (κ3) is 4.21. The molecule has 0 aromatic rings. The second-order valence-corrected chi connectivity index (χ2v) is 4.31. The van der Waals surface area contributed by atoms with E-state index in [-0.39, 0.29) is 5.78 Å². The standard InChI is InChI=1S/C11H18O3/c1-7(9(3)12)8(2)10(13)14-11(4,5)6/h1-6H3/b8-7-. The summed E-state index contributed by atoms with van der Waals surface area (Å²) in [7, 11) is 0. The van der Waals surface area contributed by atoms with Gasteiger partial charge in [0.05, 0.1) is 0 Å². The Morgan fingerprint density at radius 1 is 0.929 bits per heavy atom. The Kier molecular flexibility index (Phi) is 4.05. The summed E-state index contributed by atoms with van der Waals surface area (Å²) < 4.78 is 5.12. The highest BCUT2D eigenvalue weighted by atomic mass is 16.6. The second kappa shape index (κ2) is 4.40. The Labute approximate surface area is 85.1 Å². The van der Waals surface area contributed by atoms with Crippen molar-refractivity contribution >= 4 is 11.8 Å². The van der Waals surface area contributed by atoms with E-state index in [1.807, 2.05) is 0 Å². The molecule has 3 heteroatoms. The van der Waals surface area contributed by atoms with Crippen molar-refractivity contribution in [1.82, 2.24) is 0 Å². The molecule has 14 heavy (non-hydrogen) atoms. The Hall–Kier alpha value is -1.12. The molecule has 0 aromatic heterocycles. The smallest absolute Gasteiger partial charge is 0.334 e. The zero-order valence-electron chi connectivity index (χ0n) is 9.72. The third-order valence-corrected chi connectivity index (χ3v) is 1.80. The van der Waals surface area contributed by atoms with Crippen LogP contribution in [0.2, 0.25) is 0 Å². The van der Waals surface area contributed by atoms with E-state index in [9.17, 15) is 9.59 Å². The normalized spacial score (nSPS) is 13.3. The van der Waals surface area contributed by atoms with Crippen molar-refractivity contribution in [2.75, 3.05) is 0 Å². The van der Waals surface area contributed by atoms with Crippen LogP contribution in [0.15, 0.2) is 11.1 Å². The van der Waals surface area contributed by atoms with Crippen LogP contribution in [0.25, 0.3) is 0 Å². The molecule has 0 saturated heterocycles. The fourth-order valence-corrected chi connectivity index (χ4v) is 0.772. The van der Waals surface area contributed by atoms with E-state index in [0.29, 0.717) is 11.1 Å². The summed E-state index contributed by atoms with van der Waals surface area (Å²) in [6.07, 6.45) is 0. The molecule has 0 saturated carbocycles. The van der Waals surface area contributed by atoms with E-state index in [0.717, 1.165) is 0 Å². The molecule has 0 aliphatic heterocycles. The van der Waals surface area contributed by atoms with Crippen LogP contribution in [0.5, 0.6) is 0 Å².